The Kier molecular flexibility index (Phi) is 4.36. The molecule has 20 heavy (non-hydrogen) atoms. The highest BCUT2D eigenvalue weighted by Gasteiger charge is 2.17. The highest BCUT2D eigenvalue weighted by atomic mass is 32.2. The fraction of sp³-hybridized carbons (Fsp3) is 0.429. The maximum Gasteiger partial charge on any atom is 0.250 e. The Hall–Kier alpha value is -1.11. The van der Waals surface area contributed by atoms with Crippen LogP contribution in [0.3, 0.4) is 0 Å². The minimum absolute atomic E-state index is 0.329. The van der Waals surface area contributed by atoms with E-state index in [1.54, 1.807) is 6.07 Å². The minimum Gasteiger partial charge on any atom is -0.352 e. The maximum atomic E-state index is 12.2. The lowest BCUT2D eigenvalue weighted by molar-refractivity contribution is 0.583. The van der Waals surface area contributed by atoms with E-state index < -0.39 is 10.0 Å². The molecule has 2 aromatic rings. The Morgan fingerprint density at radius 1 is 1.30 bits per heavy atom. The molecule has 0 amide bonds. The molecule has 0 aliphatic heterocycles. The molecule has 0 aromatic carbocycles. The summed E-state index contributed by atoms with van der Waals surface area (Å²) in [5.74, 6) is 0. The largest absolute Gasteiger partial charge is 0.352 e. The monoisotopic (exact) mass is 312 g/mol. The normalized spacial score (nSPS) is 12.0. The highest BCUT2D eigenvalue weighted by molar-refractivity contribution is 7.91. The molecule has 6 heteroatoms. The summed E-state index contributed by atoms with van der Waals surface area (Å²) in [6.45, 7) is 6.36. The van der Waals surface area contributed by atoms with Gasteiger partial charge in [-0.3, -0.25) is 0 Å². The molecule has 2 aromatic heterocycles. The van der Waals surface area contributed by atoms with E-state index in [9.17, 15) is 8.42 Å². The van der Waals surface area contributed by atoms with Crippen molar-refractivity contribution in [3.8, 4) is 0 Å². The standard InChI is InChI=1S/C14H20N2O2S2/c1-5-13-6-7-14(19-13)20(17,18)15-9-12-8-10(2)16(4)11(12)3/h6-8,15H,5,9H2,1-4H3. The van der Waals surface area contributed by atoms with Gasteiger partial charge in [-0.1, -0.05) is 6.92 Å². The Bertz CT molecular complexity index is 712. The molecule has 0 saturated heterocycles. The van der Waals surface area contributed by atoms with Crippen LogP contribution in [-0.4, -0.2) is 13.0 Å². The van der Waals surface area contributed by atoms with Crippen LogP contribution in [0.5, 0.6) is 0 Å². The van der Waals surface area contributed by atoms with Gasteiger partial charge in [0.2, 0.25) is 10.0 Å². The second-order valence-electron chi connectivity index (χ2n) is 4.85. The Morgan fingerprint density at radius 2 is 2.00 bits per heavy atom. The van der Waals surface area contributed by atoms with Crippen molar-refractivity contribution in [1.29, 1.82) is 0 Å². The number of hydrogen-bond donors (Lipinski definition) is 1. The van der Waals surface area contributed by atoms with E-state index in [1.807, 2.05) is 40.0 Å². The van der Waals surface area contributed by atoms with E-state index in [2.05, 4.69) is 9.29 Å². The van der Waals surface area contributed by atoms with Crippen LogP contribution >= 0.6 is 11.3 Å². The van der Waals surface area contributed by atoms with Crippen LogP contribution in [-0.2, 0) is 30.0 Å². The van der Waals surface area contributed by atoms with Gasteiger partial charge < -0.3 is 4.57 Å². The summed E-state index contributed by atoms with van der Waals surface area (Å²) >= 11 is 1.33. The van der Waals surface area contributed by atoms with Crippen molar-refractivity contribution in [2.24, 2.45) is 7.05 Å². The molecule has 0 atom stereocenters. The van der Waals surface area contributed by atoms with E-state index in [-0.39, 0.29) is 0 Å². The van der Waals surface area contributed by atoms with Crippen LogP contribution < -0.4 is 4.72 Å². The van der Waals surface area contributed by atoms with Gasteiger partial charge >= 0.3 is 0 Å². The molecule has 0 aliphatic rings. The van der Waals surface area contributed by atoms with Crippen molar-refractivity contribution in [1.82, 2.24) is 9.29 Å². The van der Waals surface area contributed by atoms with Crippen molar-refractivity contribution >= 4 is 21.4 Å². The lowest BCUT2D eigenvalue weighted by Gasteiger charge is -2.05. The van der Waals surface area contributed by atoms with Gasteiger partial charge in [-0.05, 0) is 44.0 Å². The molecule has 2 heterocycles. The van der Waals surface area contributed by atoms with E-state index in [0.29, 0.717) is 10.8 Å². The third-order valence-corrected chi connectivity index (χ3v) is 6.71. The van der Waals surface area contributed by atoms with Crippen molar-refractivity contribution < 1.29 is 8.42 Å². The Morgan fingerprint density at radius 3 is 2.50 bits per heavy atom. The van der Waals surface area contributed by atoms with Crippen molar-refractivity contribution in [2.45, 2.75) is 37.9 Å². The van der Waals surface area contributed by atoms with Gasteiger partial charge in [0.25, 0.3) is 0 Å². The summed E-state index contributed by atoms with van der Waals surface area (Å²) in [6, 6.07) is 5.57. The average molecular weight is 312 g/mol. The summed E-state index contributed by atoms with van der Waals surface area (Å²) in [7, 11) is -1.43. The Labute approximate surface area is 124 Å². The number of thiophene rings is 1. The second-order valence-corrected chi connectivity index (χ2v) is 8.02. The first kappa shape index (κ1) is 15.3. The summed E-state index contributed by atoms with van der Waals surface area (Å²) in [6.07, 6.45) is 0.858. The molecule has 0 fully saturated rings. The molecule has 2 rings (SSSR count). The van der Waals surface area contributed by atoms with Crippen LogP contribution in [0.1, 0.15) is 28.8 Å². The van der Waals surface area contributed by atoms with Gasteiger partial charge in [-0.15, -0.1) is 11.3 Å². The summed E-state index contributed by atoms with van der Waals surface area (Å²) in [5.41, 5.74) is 3.23. The summed E-state index contributed by atoms with van der Waals surface area (Å²) < 4.78 is 29.6. The fourth-order valence-electron chi connectivity index (χ4n) is 2.05. The smallest absolute Gasteiger partial charge is 0.250 e. The van der Waals surface area contributed by atoms with Crippen LogP contribution in [0, 0.1) is 13.8 Å². The quantitative estimate of drug-likeness (QED) is 0.923. The molecule has 0 spiro atoms. The molecule has 1 N–H and O–H groups in total. The number of aromatic nitrogens is 1. The van der Waals surface area contributed by atoms with Crippen LogP contribution in [0.2, 0.25) is 0 Å². The molecular formula is C14H20N2O2S2. The minimum atomic E-state index is -3.41. The predicted molar refractivity (Wildman–Crippen MR) is 82.6 cm³/mol. The van der Waals surface area contributed by atoms with Gasteiger partial charge in [0, 0.05) is 29.9 Å². The van der Waals surface area contributed by atoms with Crippen molar-refractivity contribution in [3.63, 3.8) is 0 Å². The molecule has 0 radical (unpaired) electrons. The lowest BCUT2D eigenvalue weighted by Crippen LogP contribution is -2.22. The molecule has 0 aliphatic carbocycles. The summed E-state index contributed by atoms with van der Waals surface area (Å²) in [4.78, 5) is 1.08. The topological polar surface area (TPSA) is 51.1 Å². The third-order valence-electron chi connectivity index (χ3n) is 3.58. The van der Waals surface area contributed by atoms with Crippen LogP contribution in [0.15, 0.2) is 22.4 Å². The predicted octanol–water partition coefficient (Wildman–Crippen LogP) is 2.74. The fourth-order valence-corrected chi connectivity index (χ4v) is 4.40. The van der Waals surface area contributed by atoms with Crippen LogP contribution in [0.4, 0.5) is 0 Å². The number of nitrogens with zero attached hydrogens (tertiary/aromatic N) is 1. The molecular weight excluding hydrogens is 292 g/mol. The molecule has 0 unspecified atom stereocenters. The van der Waals surface area contributed by atoms with Gasteiger partial charge in [0.1, 0.15) is 4.21 Å². The van der Waals surface area contributed by atoms with Gasteiger partial charge in [0.15, 0.2) is 0 Å². The van der Waals surface area contributed by atoms with E-state index >= 15 is 0 Å². The summed E-state index contributed by atoms with van der Waals surface area (Å²) in [5, 5.41) is 0. The SMILES string of the molecule is CCc1ccc(S(=O)(=O)NCc2cc(C)n(C)c2C)s1. The van der Waals surface area contributed by atoms with Gasteiger partial charge in [-0.2, -0.15) is 0 Å². The van der Waals surface area contributed by atoms with Crippen LogP contribution in [0.25, 0.3) is 0 Å². The first-order chi connectivity index (χ1) is 9.35. The zero-order valence-electron chi connectivity index (χ0n) is 12.2. The first-order valence-corrected chi connectivity index (χ1v) is 8.85. The number of sulfonamides is 1. The van der Waals surface area contributed by atoms with Gasteiger partial charge in [0.05, 0.1) is 0 Å². The highest BCUT2D eigenvalue weighted by Crippen LogP contribution is 2.22. The maximum absolute atomic E-state index is 12.2. The third kappa shape index (κ3) is 2.97. The second kappa shape index (κ2) is 5.71. The van der Waals surface area contributed by atoms with Crippen molar-refractivity contribution in [2.75, 3.05) is 0 Å². The number of rotatable bonds is 5. The van der Waals surface area contributed by atoms with E-state index in [4.69, 9.17) is 0 Å². The molecule has 4 nitrogen and oxygen atoms in total. The lowest BCUT2D eigenvalue weighted by atomic mass is 10.2. The van der Waals surface area contributed by atoms with Crippen molar-refractivity contribution in [3.05, 3.63) is 40.0 Å². The Balaban J connectivity index is 2.15. The number of nitrogens with one attached hydrogen (secondary N) is 1. The average Bonchev–Trinajstić information content (AvgIpc) is 2.98. The van der Waals surface area contributed by atoms with Gasteiger partial charge in [-0.25, -0.2) is 13.1 Å². The van der Waals surface area contributed by atoms with E-state index in [0.717, 1.165) is 28.2 Å². The zero-order valence-corrected chi connectivity index (χ0v) is 13.9. The molecule has 110 valence electrons. The number of aryl methyl sites for hydroxylation is 2. The molecule has 0 saturated carbocycles. The first-order valence-electron chi connectivity index (χ1n) is 6.55. The van der Waals surface area contributed by atoms with E-state index in [1.165, 1.54) is 11.3 Å². The zero-order chi connectivity index (χ0) is 14.9. The number of hydrogen-bond acceptors (Lipinski definition) is 3. The molecule has 0 bridgehead atoms.